The number of thioether (sulfide) groups is 1. The van der Waals surface area contributed by atoms with Crippen molar-refractivity contribution in [3.8, 4) is 5.69 Å². The Morgan fingerprint density at radius 3 is 2.44 bits per heavy atom. The standard InChI is InChI=1S/C25H27Cl2N5O5S2/c1-17(33)28-10-2-3-24-29-30-25(32(24)19-6-9-21(26)22(27)15-19)38-16-23(34)18-4-7-20(8-5-18)39(35,36)31-11-13-37-14-12-31/h4-9,15H,2-3,10-14,16H2,1H3,(H,28,33). The summed E-state index contributed by atoms with van der Waals surface area (Å²) in [6.45, 7) is 3.26. The summed E-state index contributed by atoms with van der Waals surface area (Å²) in [6, 6.07) is 11.1. The highest BCUT2D eigenvalue weighted by Crippen LogP contribution is 2.29. The number of hydrogen-bond acceptors (Lipinski definition) is 8. The molecule has 1 fully saturated rings. The lowest BCUT2D eigenvalue weighted by Gasteiger charge is -2.26. The minimum atomic E-state index is -3.64. The second kappa shape index (κ2) is 13.2. The zero-order valence-electron chi connectivity index (χ0n) is 21.1. The summed E-state index contributed by atoms with van der Waals surface area (Å²) in [5.41, 5.74) is 1.08. The van der Waals surface area contributed by atoms with E-state index in [-0.39, 0.29) is 22.3 Å². The van der Waals surface area contributed by atoms with Gasteiger partial charge in [0, 0.05) is 38.5 Å². The van der Waals surface area contributed by atoms with Gasteiger partial charge in [0.15, 0.2) is 10.9 Å². The van der Waals surface area contributed by atoms with Gasteiger partial charge in [-0.1, -0.05) is 47.1 Å². The van der Waals surface area contributed by atoms with Gasteiger partial charge >= 0.3 is 0 Å². The molecular weight excluding hydrogens is 585 g/mol. The fourth-order valence-corrected chi connectivity index (χ4v) is 6.48. The maximum atomic E-state index is 13.0. The van der Waals surface area contributed by atoms with Crippen LogP contribution in [0.25, 0.3) is 5.69 Å². The number of hydrogen-bond donors (Lipinski definition) is 1. The zero-order valence-corrected chi connectivity index (χ0v) is 24.2. The molecule has 1 aliphatic rings. The molecule has 1 amide bonds. The number of carbonyl (C=O) groups is 2. The van der Waals surface area contributed by atoms with Crippen molar-refractivity contribution < 1.29 is 22.7 Å². The molecule has 2 heterocycles. The van der Waals surface area contributed by atoms with Crippen molar-refractivity contribution in [2.45, 2.75) is 29.8 Å². The number of amides is 1. The highest BCUT2D eigenvalue weighted by atomic mass is 35.5. The van der Waals surface area contributed by atoms with Gasteiger partial charge < -0.3 is 10.1 Å². The third-order valence-electron chi connectivity index (χ3n) is 5.93. The molecule has 14 heteroatoms. The molecule has 39 heavy (non-hydrogen) atoms. The molecular formula is C25H27Cl2N5O5S2. The summed E-state index contributed by atoms with van der Waals surface area (Å²) in [7, 11) is -3.64. The number of ketones is 1. The number of halogens is 2. The van der Waals surface area contributed by atoms with Gasteiger partial charge in [0.25, 0.3) is 0 Å². The molecule has 1 aromatic heterocycles. The second-order valence-corrected chi connectivity index (χ2v) is 12.4. The predicted molar refractivity (Wildman–Crippen MR) is 149 cm³/mol. The summed E-state index contributed by atoms with van der Waals surface area (Å²) in [5.74, 6) is 0.404. The number of carbonyl (C=O) groups excluding carboxylic acids is 2. The van der Waals surface area contributed by atoms with E-state index < -0.39 is 10.0 Å². The van der Waals surface area contributed by atoms with Gasteiger partial charge in [-0.3, -0.25) is 14.2 Å². The first-order valence-corrected chi connectivity index (χ1v) is 15.3. The van der Waals surface area contributed by atoms with E-state index in [2.05, 4.69) is 15.5 Å². The van der Waals surface area contributed by atoms with E-state index in [1.54, 1.807) is 18.2 Å². The fourth-order valence-electron chi connectivity index (χ4n) is 3.91. The average Bonchev–Trinajstić information content (AvgIpc) is 3.34. The van der Waals surface area contributed by atoms with Crippen molar-refractivity contribution in [1.82, 2.24) is 24.4 Å². The van der Waals surface area contributed by atoms with Crippen LogP contribution in [0, 0.1) is 0 Å². The molecule has 0 radical (unpaired) electrons. The number of aromatic nitrogens is 3. The van der Waals surface area contributed by atoms with E-state index in [0.29, 0.717) is 78.0 Å². The molecule has 1 saturated heterocycles. The minimum Gasteiger partial charge on any atom is -0.379 e. The van der Waals surface area contributed by atoms with E-state index in [1.165, 1.54) is 47.3 Å². The number of Topliss-reactive ketones (excluding diaryl/α,β-unsaturated/α-hetero) is 1. The van der Waals surface area contributed by atoms with Crippen LogP contribution in [0.15, 0.2) is 52.5 Å². The summed E-state index contributed by atoms with van der Waals surface area (Å²) in [4.78, 5) is 24.3. The summed E-state index contributed by atoms with van der Waals surface area (Å²) in [5, 5.41) is 12.6. The van der Waals surface area contributed by atoms with E-state index in [0.717, 1.165) is 0 Å². The lowest BCUT2D eigenvalue weighted by molar-refractivity contribution is -0.118. The Morgan fingerprint density at radius 2 is 1.77 bits per heavy atom. The van der Waals surface area contributed by atoms with Crippen molar-refractivity contribution in [2.75, 3.05) is 38.6 Å². The molecule has 208 valence electrons. The lowest BCUT2D eigenvalue weighted by Crippen LogP contribution is -2.40. The van der Waals surface area contributed by atoms with Crippen LogP contribution >= 0.6 is 35.0 Å². The zero-order chi connectivity index (χ0) is 28.0. The third kappa shape index (κ3) is 7.38. The first kappa shape index (κ1) is 29.5. The van der Waals surface area contributed by atoms with Crippen LogP contribution in [0.2, 0.25) is 10.0 Å². The molecule has 0 saturated carbocycles. The fraction of sp³-hybridized carbons (Fsp3) is 0.360. The number of rotatable bonds is 11. The van der Waals surface area contributed by atoms with Crippen LogP contribution in [0.1, 0.15) is 29.5 Å². The van der Waals surface area contributed by atoms with Gasteiger partial charge in [-0.15, -0.1) is 10.2 Å². The van der Waals surface area contributed by atoms with Gasteiger partial charge in [-0.25, -0.2) is 8.42 Å². The Labute approximate surface area is 241 Å². The molecule has 1 N–H and O–H groups in total. The van der Waals surface area contributed by atoms with Crippen molar-refractivity contribution in [2.24, 2.45) is 0 Å². The molecule has 0 unspecified atom stereocenters. The van der Waals surface area contributed by atoms with Crippen molar-refractivity contribution in [1.29, 1.82) is 0 Å². The quantitative estimate of drug-likeness (QED) is 0.198. The molecule has 0 bridgehead atoms. The molecule has 0 aliphatic carbocycles. The summed E-state index contributed by atoms with van der Waals surface area (Å²) >= 11 is 13.6. The van der Waals surface area contributed by atoms with E-state index in [9.17, 15) is 18.0 Å². The van der Waals surface area contributed by atoms with Gasteiger partial charge in [-0.2, -0.15) is 4.31 Å². The first-order valence-electron chi connectivity index (χ1n) is 12.1. The number of morpholine rings is 1. The second-order valence-electron chi connectivity index (χ2n) is 8.67. The third-order valence-corrected chi connectivity index (χ3v) is 9.51. The Balaban J connectivity index is 1.48. The van der Waals surface area contributed by atoms with Crippen molar-refractivity contribution in [3.63, 3.8) is 0 Å². The molecule has 2 aromatic carbocycles. The smallest absolute Gasteiger partial charge is 0.243 e. The number of sulfonamides is 1. The number of aryl methyl sites for hydroxylation is 1. The van der Waals surface area contributed by atoms with Crippen LogP contribution in [-0.2, 0) is 26.0 Å². The first-order chi connectivity index (χ1) is 18.7. The number of ether oxygens (including phenoxy) is 1. The van der Waals surface area contributed by atoms with Gasteiger partial charge in [0.2, 0.25) is 15.9 Å². The SMILES string of the molecule is CC(=O)NCCCc1nnc(SCC(=O)c2ccc(S(=O)(=O)N3CCOCC3)cc2)n1-c1ccc(Cl)c(Cl)c1. The Morgan fingerprint density at radius 1 is 1.05 bits per heavy atom. The molecule has 3 aromatic rings. The lowest BCUT2D eigenvalue weighted by atomic mass is 10.1. The predicted octanol–water partition coefficient (Wildman–Crippen LogP) is 3.64. The normalized spacial score (nSPS) is 14.3. The van der Waals surface area contributed by atoms with Crippen LogP contribution in [0.5, 0.6) is 0 Å². The van der Waals surface area contributed by atoms with Crippen molar-refractivity contribution >= 4 is 56.7 Å². The topological polar surface area (TPSA) is 123 Å². The van der Waals surface area contributed by atoms with Crippen LogP contribution in [-0.4, -0.2) is 77.8 Å². The largest absolute Gasteiger partial charge is 0.379 e. The summed E-state index contributed by atoms with van der Waals surface area (Å²) in [6.07, 6.45) is 1.17. The number of benzene rings is 2. The van der Waals surface area contributed by atoms with Gasteiger partial charge in [-0.05, 0) is 36.8 Å². The van der Waals surface area contributed by atoms with Gasteiger partial charge in [0.05, 0.1) is 39.6 Å². The maximum absolute atomic E-state index is 13.0. The van der Waals surface area contributed by atoms with Crippen LogP contribution in [0.4, 0.5) is 0 Å². The van der Waals surface area contributed by atoms with Gasteiger partial charge in [0.1, 0.15) is 5.82 Å². The average molecular weight is 613 g/mol. The number of nitrogens with zero attached hydrogens (tertiary/aromatic N) is 4. The Hall–Kier alpha value is -2.48. The van der Waals surface area contributed by atoms with E-state index in [1.807, 2.05) is 4.57 Å². The van der Waals surface area contributed by atoms with E-state index >= 15 is 0 Å². The monoisotopic (exact) mass is 611 g/mol. The maximum Gasteiger partial charge on any atom is 0.243 e. The molecule has 10 nitrogen and oxygen atoms in total. The molecule has 0 spiro atoms. The Bertz CT molecular complexity index is 1440. The van der Waals surface area contributed by atoms with Crippen LogP contribution in [0.3, 0.4) is 0 Å². The minimum absolute atomic E-state index is 0.0565. The van der Waals surface area contributed by atoms with Crippen molar-refractivity contribution in [3.05, 3.63) is 63.9 Å². The Kier molecular flexibility index (Phi) is 10.0. The molecule has 1 aliphatic heterocycles. The summed E-state index contributed by atoms with van der Waals surface area (Å²) < 4.78 is 34.1. The van der Waals surface area contributed by atoms with E-state index in [4.69, 9.17) is 27.9 Å². The highest BCUT2D eigenvalue weighted by Gasteiger charge is 2.26. The molecule has 0 atom stereocenters. The highest BCUT2D eigenvalue weighted by molar-refractivity contribution is 7.99. The molecule has 4 rings (SSSR count). The van der Waals surface area contributed by atoms with Crippen LogP contribution < -0.4 is 5.32 Å². The number of nitrogens with one attached hydrogen (secondary N) is 1.